The molecule has 1 aromatic heterocycles. The topological polar surface area (TPSA) is 46.2 Å². The van der Waals surface area contributed by atoms with Crippen LogP contribution in [-0.2, 0) is 10.0 Å². The molecule has 0 saturated carbocycles. The van der Waals surface area contributed by atoms with Crippen LogP contribution in [0.5, 0.6) is 0 Å². The van der Waals surface area contributed by atoms with Crippen LogP contribution in [0.2, 0.25) is 0 Å². The van der Waals surface area contributed by atoms with E-state index in [0.29, 0.717) is 0 Å². The first-order valence-electron chi connectivity index (χ1n) is 6.21. The fourth-order valence-corrected chi connectivity index (χ4v) is 4.84. The van der Waals surface area contributed by atoms with Crippen LogP contribution in [0, 0.1) is 5.92 Å². The molecular formula is C14H16BrNO2S2. The predicted molar refractivity (Wildman–Crippen MR) is 86.4 cm³/mol. The van der Waals surface area contributed by atoms with Crippen molar-refractivity contribution in [2.75, 3.05) is 0 Å². The lowest BCUT2D eigenvalue weighted by Gasteiger charge is -2.21. The van der Waals surface area contributed by atoms with E-state index in [4.69, 9.17) is 0 Å². The van der Waals surface area contributed by atoms with Crippen molar-refractivity contribution in [3.8, 4) is 0 Å². The molecule has 108 valence electrons. The first kappa shape index (κ1) is 15.7. The average Bonchev–Trinajstić information content (AvgIpc) is 2.89. The van der Waals surface area contributed by atoms with Gasteiger partial charge in [0.1, 0.15) is 0 Å². The first-order chi connectivity index (χ1) is 9.40. The lowest BCUT2D eigenvalue weighted by atomic mass is 10.0. The minimum Gasteiger partial charge on any atom is -0.207 e. The van der Waals surface area contributed by atoms with Gasteiger partial charge < -0.3 is 0 Å². The predicted octanol–water partition coefficient (Wildman–Crippen LogP) is 4.19. The summed E-state index contributed by atoms with van der Waals surface area (Å²) >= 11 is 4.86. The number of hydrogen-bond donors (Lipinski definition) is 1. The Morgan fingerprint density at radius 2 is 1.95 bits per heavy atom. The summed E-state index contributed by atoms with van der Waals surface area (Å²) in [6, 6.07) is 10.4. The average molecular weight is 374 g/mol. The quantitative estimate of drug-likeness (QED) is 0.853. The molecule has 0 amide bonds. The third-order valence-electron chi connectivity index (χ3n) is 2.90. The smallest absolute Gasteiger partial charge is 0.207 e. The Labute approximate surface area is 132 Å². The van der Waals surface area contributed by atoms with Crippen LogP contribution < -0.4 is 4.72 Å². The maximum Gasteiger partial charge on any atom is 0.241 e. The van der Waals surface area contributed by atoms with Crippen molar-refractivity contribution < 1.29 is 8.42 Å². The van der Waals surface area contributed by atoms with E-state index in [0.717, 1.165) is 9.35 Å². The number of rotatable bonds is 5. The number of sulfonamides is 1. The molecular weight excluding hydrogens is 358 g/mol. The Balaban J connectivity index is 2.31. The van der Waals surface area contributed by atoms with Gasteiger partial charge in [0, 0.05) is 9.35 Å². The highest BCUT2D eigenvalue weighted by Crippen LogP contribution is 2.28. The fourth-order valence-electron chi connectivity index (χ4n) is 1.86. The second kappa shape index (κ2) is 6.39. The van der Waals surface area contributed by atoms with Crippen LogP contribution in [0.4, 0.5) is 0 Å². The van der Waals surface area contributed by atoms with E-state index in [1.165, 1.54) is 0 Å². The van der Waals surface area contributed by atoms with Crippen LogP contribution in [-0.4, -0.2) is 8.42 Å². The maximum atomic E-state index is 12.5. The van der Waals surface area contributed by atoms with E-state index in [1.807, 2.05) is 31.4 Å². The number of hydrogen-bond acceptors (Lipinski definition) is 3. The number of nitrogens with one attached hydrogen (secondary N) is 1. The summed E-state index contributed by atoms with van der Waals surface area (Å²) in [5.41, 5.74) is 0. The van der Waals surface area contributed by atoms with Crippen LogP contribution in [0.1, 0.15) is 24.8 Å². The van der Waals surface area contributed by atoms with E-state index < -0.39 is 10.0 Å². The second-order valence-electron chi connectivity index (χ2n) is 4.82. The van der Waals surface area contributed by atoms with E-state index >= 15 is 0 Å². The molecule has 3 nitrogen and oxygen atoms in total. The highest BCUT2D eigenvalue weighted by atomic mass is 79.9. The Hall–Kier alpha value is -0.690. The van der Waals surface area contributed by atoms with Gasteiger partial charge in [0.2, 0.25) is 10.0 Å². The van der Waals surface area contributed by atoms with Crippen LogP contribution in [0.25, 0.3) is 0 Å². The normalized spacial score (nSPS) is 13.6. The zero-order valence-electron chi connectivity index (χ0n) is 11.2. The van der Waals surface area contributed by atoms with Gasteiger partial charge in [0.05, 0.1) is 10.9 Å². The number of thiophene rings is 1. The zero-order valence-corrected chi connectivity index (χ0v) is 14.4. The van der Waals surface area contributed by atoms with Crippen molar-refractivity contribution in [2.24, 2.45) is 5.92 Å². The van der Waals surface area contributed by atoms with Gasteiger partial charge in [-0.05, 0) is 35.6 Å². The molecule has 0 radical (unpaired) electrons. The highest BCUT2D eigenvalue weighted by molar-refractivity contribution is 9.10. The van der Waals surface area contributed by atoms with Crippen LogP contribution >= 0.6 is 27.3 Å². The van der Waals surface area contributed by atoms with Gasteiger partial charge in [0.15, 0.2) is 0 Å². The van der Waals surface area contributed by atoms with Crippen molar-refractivity contribution in [3.63, 3.8) is 0 Å². The standard InChI is InChI=1S/C14H16BrNO2S2/c1-10(2)14(13-7-4-8-19-13)16-20(17,18)12-6-3-5-11(15)9-12/h3-10,14,16H,1-2H3. The lowest BCUT2D eigenvalue weighted by molar-refractivity contribution is 0.469. The third-order valence-corrected chi connectivity index (χ3v) is 5.79. The summed E-state index contributed by atoms with van der Waals surface area (Å²) in [7, 11) is -3.53. The molecule has 0 aliphatic rings. The molecule has 0 aliphatic carbocycles. The number of benzene rings is 1. The third kappa shape index (κ3) is 3.69. The monoisotopic (exact) mass is 373 g/mol. The Morgan fingerprint density at radius 1 is 1.20 bits per heavy atom. The molecule has 1 heterocycles. The molecule has 2 aromatic rings. The van der Waals surface area contributed by atoms with Gasteiger partial charge in [-0.2, -0.15) is 0 Å². The molecule has 0 fully saturated rings. The van der Waals surface area contributed by atoms with E-state index in [1.54, 1.807) is 35.6 Å². The summed E-state index contributed by atoms with van der Waals surface area (Å²) < 4.78 is 28.5. The minimum atomic E-state index is -3.53. The summed E-state index contributed by atoms with van der Waals surface area (Å²) in [5, 5.41) is 1.96. The van der Waals surface area contributed by atoms with Gasteiger partial charge in [0.25, 0.3) is 0 Å². The van der Waals surface area contributed by atoms with Crippen LogP contribution in [0.15, 0.2) is 51.1 Å². The van der Waals surface area contributed by atoms with Crippen molar-refractivity contribution >= 4 is 37.3 Å². The van der Waals surface area contributed by atoms with Gasteiger partial charge in [-0.1, -0.05) is 41.9 Å². The summed E-state index contributed by atoms with van der Waals surface area (Å²) in [6.45, 7) is 4.02. The molecule has 1 atom stereocenters. The highest BCUT2D eigenvalue weighted by Gasteiger charge is 2.24. The molecule has 0 saturated heterocycles. The summed E-state index contributed by atoms with van der Waals surface area (Å²) in [6.07, 6.45) is 0. The summed E-state index contributed by atoms with van der Waals surface area (Å²) in [4.78, 5) is 1.30. The number of halogens is 1. The molecule has 2 rings (SSSR count). The molecule has 0 spiro atoms. The van der Waals surface area contributed by atoms with Crippen molar-refractivity contribution in [3.05, 3.63) is 51.1 Å². The minimum absolute atomic E-state index is 0.176. The Kier molecular flexibility index (Phi) is 5.01. The lowest BCUT2D eigenvalue weighted by Crippen LogP contribution is -2.31. The molecule has 1 unspecified atom stereocenters. The van der Waals surface area contributed by atoms with E-state index in [-0.39, 0.29) is 16.9 Å². The fraction of sp³-hybridized carbons (Fsp3) is 0.286. The molecule has 6 heteroatoms. The Morgan fingerprint density at radius 3 is 2.50 bits per heavy atom. The van der Waals surface area contributed by atoms with E-state index in [2.05, 4.69) is 20.7 Å². The van der Waals surface area contributed by atoms with Gasteiger partial charge in [-0.3, -0.25) is 0 Å². The SMILES string of the molecule is CC(C)C(NS(=O)(=O)c1cccc(Br)c1)c1cccs1. The molecule has 0 aliphatic heterocycles. The second-order valence-corrected chi connectivity index (χ2v) is 8.42. The van der Waals surface area contributed by atoms with Crippen molar-refractivity contribution in [1.29, 1.82) is 0 Å². The Bertz CT molecular complexity index is 666. The van der Waals surface area contributed by atoms with Gasteiger partial charge >= 0.3 is 0 Å². The largest absolute Gasteiger partial charge is 0.241 e. The first-order valence-corrected chi connectivity index (χ1v) is 9.37. The molecule has 1 aromatic carbocycles. The van der Waals surface area contributed by atoms with Gasteiger partial charge in [-0.15, -0.1) is 11.3 Å². The van der Waals surface area contributed by atoms with Crippen molar-refractivity contribution in [1.82, 2.24) is 4.72 Å². The zero-order chi connectivity index (χ0) is 14.8. The van der Waals surface area contributed by atoms with Gasteiger partial charge in [-0.25, -0.2) is 13.1 Å². The molecule has 0 bridgehead atoms. The van der Waals surface area contributed by atoms with Crippen molar-refractivity contribution in [2.45, 2.75) is 24.8 Å². The molecule has 20 heavy (non-hydrogen) atoms. The maximum absolute atomic E-state index is 12.5. The van der Waals surface area contributed by atoms with E-state index in [9.17, 15) is 8.42 Å². The van der Waals surface area contributed by atoms with Crippen LogP contribution in [0.3, 0.4) is 0 Å². The molecule has 1 N–H and O–H groups in total. The summed E-state index contributed by atoms with van der Waals surface area (Å²) in [5.74, 6) is 0.176.